The molecule has 0 bridgehead atoms. The number of hydrogen-bond donors (Lipinski definition) is 2. The standard InChI is InChI=1S/C20H31FN4O2.HI/c1-4-23-20(25-10-8-16(9-11-25)12-19(26)22-3)24-14-15(2)27-18-7-5-6-17(21)13-18;/h5-7,13,15-16H,4,8-12,14H2,1-3H3,(H,22,26)(H,23,24);1H. The van der Waals surface area contributed by atoms with Gasteiger partial charge in [0.2, 0.25) is 5.91 Å². The smallest absolute Gasteiger partial charge is 0.220 e. The topological polar surface area (TPSA) is 66.0 Å². The molecule has 2 N–H and O–H groups in total. The Morgan fingerprint density at radius 2 is 2.11 bits per heavy atom. The van der Waals surface area contributed by atoms with E-state index < -0.39 is 0 Å². The fourth-order valence-corrected chi connectivity index (χ4v) is 3.16. The van der Waals surface area contributed by atoms with Gasteiger partial charge < -0.3 is 20.3 Å². The zero-order valence-electron chi connectivity index (χ0n) is 16.9. The third kappa shape index (κ3) is 8.20. The fourth-order valence-electron chi connectivity index (χ4n) is 3.16. The molecule has 6 nitrogen and oxygen atoms in total. The van der Waals surface area contributed by atoms with Crippen LogP contribution < -0.4 is 15.4 Å². The first-order valence-electron chi connectivity index (χ1n) is 9.67. The van der Waals surface area contributed by atoms with Gasteiger partial charge in [-0.05, 0) is 44.7 Å². The first-order chi connectivity index (χ1) is 13.0. The zero-order valence-corrected chi connectivity index (χ0v) is 19.2. The van der Waals surface area contributed by atoms with Gasteiger partial charge in [0.25, 0.3) is 0 Å². The quantitative estimate of drug-likeness (QED) is 0.339. The summed E-state index contributed by atoms with van der Waals surface area (Å²) >= 11 is 0. The summed E-state index contributed by atoms with van der Waals surface area (Å²) in [5.41, 5.74) is 0. The molecule has 158 valence electrons. The van der Waals surface area contributed by atoms with Crippen molar-refractivity contribution in [3.63, 3.8) is 0 Å². The third-order valence-electron chi connectivity index (χ3n) is 4.63. The number of piperidine rings is 1. The van der Waals surface area contributed by atoms with Crippen molar-refractivity contribution < 1.29 is 13.9 Å². The molecule has 1 aromatic carbocycles. The molecule has 1 fully saturated rings. The number of carbonyl (C=O) groups excluding carboxylic acids is 1. The predicted octanol–water partition coefficient (Wildman–Crippen LogP) is 3.02. The second-order valence-corrected chi connectivity index (χ2v) is 6.89. The molecule has 0 spiro atoms. The van der Waals surface area contributed by atoms with Crippen LogP contribution in [0.1, 0.15) is 33.1 Å². The Balaban J connectivity index is 0.00000392. The van der Waals surface area contributed by atoms with Crippen LogP contribution in [0.15, 0.2) is 29.3 Å². The molecule has 0 aliphatic carbocycles. The van der Waals surface area contributed by atoms with E-state index in [1.165, 1.54) is 12.1 Å². The lowest BCUT2D eigenvalue weighted by Crippen LogP contribution is -2.46. The Kier molecular flexibility index (Phi) is 11.2. The Morgan fingerprint density at radius 1 is 1.39 bits per heavy atom. The van der Waals surface area contributed by atoms with Gasteiger partial charge in [0.1, 0.15) is 17.7 Å². The molecule has 28 heavy (non-hydrogen) atoms. The molecule has 1 aromatic rings. The number of likely N-dealkylation sites (tertiary alicyclic amines) is 1. The molecular formula is C20H32FIN4O2. The highest BCUT2D eigenvalue weighted by Crippen LogP contribution is 2.20. The molecule has 0 radical (unpaired) electrons. The van der Waals surface area contributed by atoms with Gasteiger partial charge in [0.05, 0.1) is 6.54 Å². The number of hydrogen-bond acceptors (Lipinski definition) is 3. The Bertz CT molecular complexity index is 636. The summed E-state index contributed by atoms with van der Waals surface area (Å²) in [6.45, 7) is 7.00. The summed E-state index contributed by atoms with van der Waals surface area (Å²) in [6, 6.07) is 6.15. The highest BCUT2D eigenvalue weighted by Gasteiger charge is 2.23. The number of carbonyl (C=O) groups is 1. The molecule has 1 heterocycles. The highest BCUT2D eigenvalue weighted by molar-refractivity contribution is 14.0. The molecular weight excluding hydrogens is 474 g/mol. The summed E-state index contributed by atoms with van der Waals surface area (Å²) in [6.07, 6.45) is 2.39. The van der Waals surface area contributed by atoms with Crippen LogP contribution in [0.5, 0.6) is 5.75 Å². The number of aliphatic imine (C=N–C) groups is 1. The average Bonchev–Trinajstić information content (AvgIpc) is 2.65. The van der Waals surface area contributed by atoms with E-state index in [1.54, 1.807) is 19.2 Å². The second kappa shape index (κ2) is 12.8. The van der Waals surface area contributed by atoms with Gasteiger partial charge in [0.15, 0.2) is 5.96 Å². The number of rotatable bonds is 7. The minimum absolute atomic E-state index is 0. The van der Waals surface area contributed by atoms with Crippen LogP contribution >= 0.6 is 24.0 Å². The van der Waals surface area contributed by atoms with Crippen molar-refractivity contribution in [3.05, 3.63) is 30.1 Å². The molecule has 1 aliphatic heterocycles. The molecule has 0 saturated carbocycles. The summed E-state index contributed by atoms with van der Waals surface area (Å²) in [7, 11) is 1.68. The lowest BCUT2D eigenvalue weighted by Gasteiger charge is -2.34. The summed E-state index contributed by atoms with van der Waals surface area (Å²) < 4.78 is 19.0. The summed E-state index contributed by atoms with van der Waals surface area (Å²) in [5, 5.41) is 6.03. The van der Waals surface area contributed by atoms with E-state index in [4.69, 9.17) is 9.73 Å². The zero-order chi connectivity index (χ0) is 19.6. The van der Waals surface area contributed by atoms with E-state index in [1.807, 2.05) is 13.8 Å². The number of nitrogens with zero attached hydrogens (tertiary/aromatic N) is 2. The third-order valence-corrected chi connectivity index (χ3v) is 4.63. The van der Waals surface area contributed by atoms with Gasteiger partial charge >= 0.3 is 0 Å². The van der Waals surface area contributed by atoms with Gasteiger partial charge in [-0.1, -0.05) is 6.07 Å². The second-order valence-electron chi connectivity index (χ2n) is 6.89. The van der Waals surface area contributed by atoms with Crippen molar-refractivity contribution in [2.24, 2.45) is 10.9 Å². The largest absolute Gasteiger partial charge is 0.489 e. The highest BCUT2D eigenvalue weighted by atomic mass is 127. The number of halogens is 2. The first kappa shape index (κ1) is 24.5. The maximum atomic E-state index is 13.3. The van der Waals surface area contributed by atoms with Gasteiger partial charge in [-0.25, -0.2) is 9.38 Å². The molecule has 2 rings (SSSR count). The number of amides is 1. The molecule has 1 amide bonds. The van der Waals surface area contributed by atoms with Crippen LogP contribution in [0.4, 0.5) is 4.39 Å². The predicted molar refractivity (Wildman–Crippen MR) is 121 cm³/mol. The SMILES string of the molecule is CCNC(=NCC(C)Oc1cccc(F)c1)N1CCC(CC(=O)NC)CC1.I. The van der Waals surface area contributed by atoms with Gasteiger partial charge in [-0.3, -0.25) is 4.79 Å². The molecule has 8 heteroatoms. The number of benzene rings is 1. The maximum Gasteiger partial charge on any atom is 0.220 e. The van der Waals surface area contributed by atoms with Gasteiger partial charge in [-0.15, -0.1) is 24.0 Å². The Hall–Kier alpha value is -1.58. The number of guanidine groups is 1. The van der Waals surface area contributed by atoms with Crippen molar-refractivity contribution >= 4 is 35.8 Å². The van der Waals surface area contributed by atoms with Gasteiger partial charge in [0, 0.05) is 39.2 Å². The van der Waals surface area contributed by atoms with Crippen molar-refractivity contribution in [1.29, 1.82) is 0 Å². The summed E-state index contributed by atoms with van der Waals surface area (Å²) in [4.78, 5) is 18.5. The van der Waals surface area contributed by atoms with E-state index in [0.29, 0.717) is 24.6 Å². The van der Waals surface area contributed by atoms with Crippen LogP contribution in [0.2, 0.25) is 0 Å². The first-order valence-corrected chi connectivity index (χ1v) is 9.67. The van der Waals surface area contributed by atoms with Gasteiger partial charge in [-0.2, -0.15) is 0 Å². The van der Waals surface area contributed by atoms with E-state index in [-0.39, 0.29) is 41.8 Å². The monoisotopic (exact) mass is 506 g/mol. The summed E-state index contributed by atoms with van der Waals surface area (Å²) in [5.74, 6) is 1.61. The molecule has 1 atom stereocenters. The van der Waals surface area contributed by atoms with E-state index in [9.17, 15) is 9.18 Å². The van der Waals surface area contributed by atoms with E-state index in [2.05, 4.69) is 15.5 Å². The fraction of sp³-hybridized carbons (Fsp3) is 0.600. The van der Waals surface area contributed by atoms with Crippen LogP contribution in [0.3, 0.4) is 0 Å². The van der Waals surface area contributed by atoms with Crippen molar-refractivity contribution in [3.8, 4) is 5.75 Å². The minimum atomic E-state index is -0.309. The van der Waals surface area contributed by atoms with Crippen LogP contribution in [-0.4, -0.2) is 56.1 Å². The molecule has 1 saturated heterocycles. The van der Waals surface area contributed by atoms with Crippen LogP contribution in [0, 0.1) is 11.7 Å². The number of ether oxygens (including phenoxy) is 1. The molecule has 1 unspecified atom stereocenters. The lowest BCUT2D eigenvalue weighted by atomic mass is 9.93. The molecule has 1 aliphatic rings. The van der Waals surface area contributed by atoms with Crippen molar-refractivity contribution in [2.45, 2.75) is 39.2 Å². The Morgan fingerprint density at radius 3 is 2.71 bits per heavy atom. The molecule has 0 aromatic heterocycles. The van der Waals surface area contributed by atoms with E-state index in [0.717, 1.165) is 38.4 Å². The Labute approximate surface area is 184 Å². The number of nitrogens with one attached hydrogen (secondary N) is 2. The van der Waals surface area contributed by atoms with Crippen LogP contribution in [-0.2, 0) is 4.79 Å². The van der Waals surface area contributed by atoms with Crippen LogP contribution in [0.25, 0.3) is 0 Å². The average molecular weight is 506 g/mol. The van der Waals surface area contributed by atoms with Crippen molar-refractivity contribution in [1.82, 2.24) is 15.5 Å². The minimum Gasteiger partial charge on any atom is -0.489 e. The maximum absolute atomic E-state index is 13.3. The van der Waals surface area contributed by atoms with Crippen molar-refractivity contribution in [2.75, 3.05) is 33.2 Å². The lowest BCUT2D eigenvalue weighted by molar-refractivity contribution is -0.121. The van der Waals surface area contributed by atoms with E-state index >= 15 is 0 Å². The normalized spacial score (nSPS) is 16.1.